The van der Waals surface area contributed by atoms with Gasteiger partial charge in [0, 0.05) is 12.7 Å². The average Bonchev–Trinajstić information content (AvgIpc) is 2.65. The van der Waals surface area contributed by atoms with E-state index in [1.165, 1.54) is 38.3 Å². The van der Waals surface area contributed by atoms with Crippen molar-refractivity contribution in [2.75, 3.05) is 39.5 Å². The lowest BCUT2D eigenvalue weighted by atomic mass is 10.1. The second kappa shape index (κ2) is 8.00. The number of benzene rings is 1. The Balaban J connectivity index is 2.58. The van der Waals surface area contributed by atoms with Gasteiger partial charge in [-0.1, -0.05) is 11.6 Å². The molecule has 0 fully saturated rings. The largest absolute Gasteiger partial charge is 0.466 e. The van der Waals surface area contributed by atoms with Gasteiger partial charge >= 0.3 is 11.9 Å². The molecule has 0 unspecified atom stereocenters. The minimum Gasteiger partial charge on any atom is -0.466 e. The maximum Gasteiger partial charge on any atom is 0.355 e. The first-order valence-corrected chi connectivity index (χ1v) is 7.59. The van der Waals surface area contributed by atoms with Crippen LogP contribution in [0.1, 0.15) is 10.4 Å². The summed E-state index contributed by atoms with van der Waals surface area (Å²) in [5.41, 5.74) is 0.670. The molecule has 134 valence electrons. The van der Waals surface area contributed by atoms with Crippen molar-refractivity contribution < 1.29 is 28.6 Å². The maximum atomic E-state index is 12.2. The first-order valence-electron chi connectivity index (χ1n) is 7.21. The molecule has 1 aromatic carbocycles. The molecule has 0 saturated heterocycles. The second-order valence-electron chi connectivity index (χ2n) is 4.96. The molecule has 0 saturated carbocycles. The van der Waals surface area contributed by atoms with Crippen molar-refractivity contribution in [3.05, 3.63) is 40.1 Å². The van der Waals surface area contributed by atoms with Gasteiger partial charge in [-0.25, -0.2) is 9.59 Å². The van der Waals surface area contributed by atoms with Crippen LogP contribution in [-0.4, -0.2) is 52.5 Å². The van der Waals surface area contributed by atoms with E-state index in [-0.39, 0.29) is 41.1 Å². The summed E-state index contributed by atoms with van der Waals surface area (Å²) in [4.78, 5) is 37.6. The Morgan fingerprint density at radius 3 is 2.48 bits per heavy atom. The Bertz CT molecular complexity index is 746. The number of rotatable bonds is 4. The molecule has 2 rings (SSSR count). The summed E-state index contributed by atoms with van der Waals surface area (Å²) in [6, 6.07) is 4.61. The Morgan fingerprint density at radius 1 is 1.20 bits per heavy atom. The van der Waals surface area contributed by atoms with Crippen molar-refractivity contribution >= 4 is 35.1 Å². The summed E-state index contributed by atoms with van der Waals surface area (Å²) in [5, 5.41) is 2.73. The Labute approximate surface area is 149 Å². The number of carbonyl (C=O) groups excluding carboxylic acids is 3. The van der Waals surface area contributed by atoms with Crippen LogP contribution in [0.5, 0.6) is 0 Å². The van der Waals surface area contributed by atoms with E-state index in [2.05, 4.69) is 5.32 Å². The monoisotopic (exact) mass is 368 g/mol. The van der Waals surface area contributed by atoms with Crippen LogP contribution in [-0.2, 0) is 23.8 Å². The van der Waals surface area contributed by atoms with Crippen molar-refractivity contribution in [3.63, 3.8) is 0 Å². The van der Waals surface area contributed by atoms with E-state index in [1.807, 2.05) is 0 Å². The van der Waals surface area contributed by atoms with Gasteiger partial charge in [-0.2, -0.15) is 0 Å². The molecule has 1 amide bonds. The van der Waals surface area contributed by atoms with Crippen molar-refractivity contribution in [3.8, 4) is 0 Å². The summed E-state index contributed by atoms with van der Waals surface area (Å²) in [6.07, 6.45) is 0. The molecule has 1 heterocycles. The molecule has 8 nitrogen and oxygen atoms in total. The number of nitrogens with zero attached hydrogens (tertiary/aromatic N) is 1. The lowest BCUT2D eigenvalue weighted by molar-refractivity contribution is -0.140. The number of methoxy groups -OCH3 is 2. The van der Waals surface area contributed by atoms with Crippen molar-refractivity contribution in [2.24, 2.45) is 0 Å². The minimum absolute atomic E-state index is 0.00854. The molecule has 25 heavy (non-hydrogen) atoms. The van der Waals surface area contributed by atoms with Crippen LogP contribution in [0.15, 0.2) is 29.5 Å². The first-order chi connectivity index (χ1) is 11.9. The van der Waals surface area contributed by atoms with Crippen LogP contribution in [0.3, 0.4) is 0 Å². The molecule has 0 aliphatic carbocycles. The van der Waals surface area contributed by atoms with E-state index in [1.54, 1.807) is 6.07 Å². The van der Waals surface area contributed by atoms with E-state index in [9.17, 15) is 14.4 Å². The molecular weight excluding hydrogens is 352 g/mol. The van der Waals surface area contributed by atoms with E-state index in [0.29, 0.717) is 5.69 Å². The van der Waals surface area contributed by atoms with Gasteiger partial charge in [0.15, 0.2) is 0 Å². The van der Waals surface area contributed by atoms with Crippen LogP contribution < -0.4 is 10.2 Å². The summed E-state index contributed by atoms with van der Waals surface area (Å²) in [6.45, 7) is -0.108. The van der Waals surface area contributed by atoms with E-state index < -0.39 is 11.9 Å². The molecule has 1 aromatic rings. The number of hydrogen-bond acceptors (Lipinski definition) is 7. The van der Waals surface area contributed by atoms with Crippen LogP contribution in [0.25, 0.3) is 0 Å². The van der Waals surface area contributed by atoms with Gasteiger partial charge in [-0.3, -0.25) is 4.79 Å². The van der Waals surface area contributed by atoms with Crippen LogP contribution in [0.2, 0.25) is 5.02 Å². The lowest BCUT2D eigenvalue weighted by Gasteiger charge is -2.31. The van der Waals surface area contributed by atoms with Crippen molar-refractivity contribution in [2.45, 2.75) is 0 Å². The zero-order valence-corrected chi connectivity index (χ0v) is 14.7. The highest BCUT2D eigenvalue weighted by Crippen LogP contribution is 2.29. The number of carbonyl (C=O) groups is 3. The maximum absolute atomic E-state index is 12.2. The van der Waals surface area contributed by atoms with Gasteiger partial charge < -0.3 is 24.4 Å². The van der Waals surface area contributed by atoms with Gasteiger partial charge in [0.05, 0.1) is 37.0 Å². The van der Waals surface area contributed by atoms with Crippen LogP contribution in [0, 0.1) is 0 Å². The van der Waals surface area contributed by atoms with Gasteiger partial charge in [0.25, 0.3) is 5.91 Å². The first kappa shape index (κ1) is 18.8. The average molecular weight is 369 g/mol. The zero-order valence-electron chi connectivity index (χ0n) is 13.9. The number of ether oxygens (including phenoxy) is 3. The topological polar surface area (TPSA) is 94.2 Å². The number of nitrogens with one attached hydrogen (secondary N) is 1. The number of halogens is 1. The highest BCUT2D eigenvalue weighted by atomic mass is 35.5. The second-order valence-corrected chi connectivity index (χ2v) is 5.37. The molecule has 0 spiro atoms. The SMILES string of the molecule is CNC(=O)c1cc(N2COCC(C(=O)OC)=C2C(=O)OC)ccc1Cl. The lowest BCUT2D eigenvalue weighted by Crippen LogP contribution is -2.39. The molecule has 1 N–H and O–H groups in total. The zero-order chi connectivity index (χ0) is 18.6. The fourth-order valence-electron chi connectivity index (χ4n) is 2.34. The molecule has 0 atom stereocenters. The summed E-state index contributed by atoms with van der Waals surface area (Å²) in [7, 11) is 3.88. The fourth-order valence-corrected chi connectivity index (χ4v) is 2.54. The molecular formula is C16H17ClN2O6. The summed E-state index contributed by atoms with van der Waals surface area (Å²) < 4.78 is 14.9. The van der Waals surface area contributed by atoms with Gasteiger partial charge in [0.2, 0.25) is 0 Å². The Morgan fingerprint density at radius 2 is 1.88 bits per heavy atom. The standard InChI is InChI=1S/C16H17ClN2O6/c1-18-14(20)10-6-9(4-5-12(10)17)19-8-25-7-11(15(21)23-2)13(19)16(22)24-3/h4-6H,7-8H2,1-3H3,(H,18,20). The number of esters is 2. The van der Waals surface area contributed by atoms with Crippen molar-refractivity contribution in [1.29, 1.82) is 0 Å². The third kappa shape index (κ3) is 3.75. The third-order valence-electron chi connectivity index (χ3n) is 3.57. The van der Waals surface area contributed by atoms with E-state index >= 15 is 0 Å². The molecule has 0 aromatic heterocycles. The highest BCUT2D eigenvalue weighted by molar-refractivity contribution is 6.34. The predicted octanol–water partition coefficient (Wildman–Crippen LogP) is 1.09. The van der Waals surface area contributed by atoms with E-state index in [4.69, 9.17) is 25.8 Å². The Hall–Kier alpha value is -2.58. The summed E-state index contributed by atoms with van der Waals surface area (Å²) in [5.74, 6) is -1.81. The predicted molar refractivity (Wildman–Crippen MR) is 89.2 cm³/mol. The fraction of sp³-hybridized carbons (Fsp3) is 0.312. The molecule has 0 radical (unpaired) electrons. The van der Waals surface area contributed by atoms with Gasteiger partial charge in [-0.05, 0) is 18.2 Å². The van der Waals surface area contributed by atoms with Crippen LogP contribution in [0.4, 0.5) is 5.69 Å². The third-order valence-corrected chi connectivity index (χ3v) is 3.90. The molecule has 0 bridgehead atoms. The molecule has 1 aliphatic heterocycles. The number of hydrogen-bond donors (Lipinski definition) is 1. The number of amides is 1. The van der Waals surface area contributed by atoms with Crippen LogP contribution >= 0.6 is 11.6 Å². The van der Waals surface area contributed by atoms with Gasteiger partial charge in [-0.15, -0.1) is 0 Å². The van der Waals surface area contributed by atoms with E-state index in [0.717, 1.165) is 0 Å². The minimum atomic E-state index is -0.722. The smallest absolute Gasteiger partial charge is 0.355 e. The molecule has 1 aliphatic rings. The highest BCUT2D eigenvalue weighted by Gasteiger charge is 2.32. The quantitative estimate of drug-likeness (QED) is 0.795. The van der Waals surface area contributed by atoms with Gasteiger partial charge in [0.1, 0.15) is 12.4 Å². The Kier molecular flexibility index (Phi) is 6.00. The van der Waals surface area contributed by atoms with Crippen molar-refractivity contribution in [1.82, 2.24) is 5.32 Å². The normalized spacial score (nSPS) is 14.2. The number of anilines is 1. The molecule has 9 heteroatoms. The summed E-state index contributed by atoms with van der Waals surface area (Å²) >= 11 is 6.05.